The second-order valence-electron chi connectivity index (χ2n) is 4.40. The van der Waals surface area contributed by atoms with Gasteiger partial charge in [-0.1, -0.05) is 0 Å². The molecular formula is C12H10BrF3N4. The molecule has 0 amide bonds. The average molecular weight is 347 g/mol. The van der Waals surface area contributed by atoms with E-state index < -0.39 is 11.7 Å². The number of alkyl halides is 3. The molecule has 2 heterocycles. The highest BCUT2D eigenvalue weighted by Crippen LogP contribution is 2.33. The second kappa shape index (κ2) is 4.49. The van der Waals surface area contributed by atoms with Gasteiger partial charge in [-0.3, -0.25) is 4.40 Å². The molecule has 0 aliphatic heterocycles. The minimum atomic E-state index is -4.37. The molecule has 0 atom stereocenters. The summed E-state index contributed by atoms with van der Waals surface area (Å²) >= 11 is 3.40. The van der Waals surface area contributed by atoms with Crippen molar-refractivity contribution in [3.8, 4) is 0 Å². The molecule has 0 aliphatic carbocycles. The molecule has 2 aromatic heterocycles. The first-order chi connectivity index (χ1) is 9.41. The van der Waals surface area contributed by atoms with Gasteiger partial charge in [0.1, 0.15) is 4.60 Å². The predicted octanol–water partition coefficient (Wildman–Crippen LogP) is 3.32. The van der Waals surface area contributed by atoms with Crippen LogP contribution in [-0.2, 0) is 12.7 Å². The number of fused-ring (bicyclic) bond motifs is 3. The van der Waals surface area contributed by atoms with Gasteiger partial charge >= 0.3 is 6.18 Å². The van der Waals surface area contributed by atoms with Crippen molar-refractivity contribution in [1.82, 2.24) is 19.7 Å². The largest absolute Gasteiger partial charge is 0.416 e. The highest BCUT2D eigenvalue weighted by molar-refractivity contribution is 9.10. The van der Waals surface area contributed by atoms with E-state index >= 15 is 0 Å². The topological polar surface area (TPSA) is 45.1 Å². The summed E-state index contributed by atoms with van der Waals surface area (Å²) in [4.78, 5) is 7.36. The molecule has 0 fully saturated rings. The Balaban J connectivity index is 2.29. The standard InChI is InChI=1S/C12H10BrF3N4/c1-17-5-8-10(13)20-9-4-6(12(14,15)16)2-3-7(9)18-11(20)19-8/h2-4,17H,5H2,1H3,(H,18,19). The fraction of sp³-hybridized carbons (Fsp3) is 0.250. The van der Waals surface area contributed by atoms with E-state index in [2.05, 4.69) is 31.2 Å². The van der Waals surface area contributed by atoms with Gasteiger partial charge in [-0.2, -0.15) is 13.2 Å². The number of H-pyrrole nitrogens is 1. The van der Waals surface area contributed by atoms with E-state index in [-0.39, 0.29) is 0 Å². The van der Waals surface area contributed by atoms with Gasteiger partial charge in [0.2, 0.25) is 5.78 Å². The van der Waals surface area contributed by atoms with E-state index in [1.165, 1.54) is 6.07 Å². The lowest BCUT2D eigenvalue weighted by molar-refractivity contribution is -0.137. The molecule has 3 rings (SSSR count). The van der Waals surface area contributed by atoms with Gasteiger partial charge in [-0.05, 0) is 41.2 Å². The van der Waals surface area contributed by atoms with Crippen LogP contribution < -0.4 is 5.32 Å². The molecule has 0 unspecified atom stereocenters. The molecule has 0 bridgehead atoms. The number of aromatic nitrogens is 3. The van der Waals surface area contributed by atoms with Gasteiger partial charge < -0.3 is 10.3 Å². The lowest BCUT2D eigenvalue weighted by Crippen LogP contribution is -2.06. The van der Waals surface area contributed by atoms with Crippen molar-refractivity contribution in [2.45, 2.75) is 12.7 Å². The minimum absolute atomic E-state index is 0.417. The summed E-state index contributed by atoms with van der Waals surface area (Å²) in [6.45, 7) is 0.560. The fourth-order valence-corrected chi connectivity index (χ4v) is 2.75. The maximum absolute atomic E-state index is 12.8. The normalized spacial score (nSPS) is 12.7. The first-order valence-corrected chi connectivity index (χ1v) is 6.61. The van der Waals surface area contributed by atoms with Crippen LogP contribution in [0.1, 0.15) is 11.3 Å². The van der Waals surface area contributed by atoms with E-state index in [0.717, 1.165) is 17.8 Å². The molecule has 1 aromatic carbocycles. The zero-order valence-electron chi connectivity index (χ0n) is 10.3. The Morgan fingerprint density at radius 3 is 2.80 bits per heavy atom. The molecule has 2 N–H and O–H groups in total. The summed E-state index contributed by atoms with van der Waals surface area (Å²) in [5.41, 5.74) is 1.07. The van der Waals surface area contributed by atoms with Crippen LogP contribution in [0.25, 0.3) is 16.8 Å². The van der Waals surface area contributed by atoms with Crippen LogP contribution in [0.3, 0.4) is 0 Å². The van der Waals surface area contributed by atoms with Crippen molar-refractivity contribution in [2.75, 3.05) is 7.05 Å². The SMILES string of the molecule is CNCc1[nH]c2nc3ccc(C(F)(F)F)cc3n2c1Br. The number of nitrogens with one attached hydrogen (secondary N) is 2. The number of halogens is 4. The number of benzene rings is 1. The summed E-state index contributed by atoms with van der Waals surface area (Å²) in [6, 6.07) is 3.53. The quantitative estimate of drug-likeness (QED) is 0.747. The van der Waals surface area contributed by atoms with Crippen LogP contribution in [0.15, 0.2) is 22.8 Å². The van der Waals surface area contributed by atoms with Crippen molar-refractivity contribution in [1.29, 1.82) is 0 Å². The van der Waals surface area contributed by atoms with Gasteiger partial charge in [0, 0.05) is 6.54 Å². The number of hydrogen-bond acceptors (Lipinski definition) is 2. The average Bonchev–Trinajstić information content (AvgIpc) is 2.86. The molecule has 0 spiro atoms. The van der Waals surface area contributed by atoms with Gasteiger partial charge in [-0.15, -0.1) is 0 Å². The molecular weight excluding hydrogens is 337 g/mol. The molecule has 4 nitrogen and oxygen atoms in total. The number of hydrogen-bond donors (Lipinski definition) is 2. The second-order valence-corrected chi connectivity index (χ2v) is 5.15. The molecule has 0 saturated carbocycles. The summed E-state index contributed by atoms with van der Waals surface area (Å²) in [5, 5.41) is 2.98. The minimum Gasteiger partial charge on any atom is -0.325 e. The summed E-state index contributed by atoms with van der Waals surface area (Å²) in [6.07, 6.45) is -4.37. The third-order valence-electron chi connectivity index (χ3n) is 3.04. The zero-order chi connectivity index (χ0) is 14.5. The van der Waals surface area contributed by atoms with Crippen LogP contribution in [0.2, 0.25) is 0 Å². The van der Waals surface area contributed by atoms with Crippen molar-refractivity contribution in [3.05, 3.63) is 34.1 Å². The lowest BCUT2D eigenvalue weighted by atomic mass is 10.2. The third kappa shape index (κ3) is 1.99. The molecule has 3 aromatic rings. The predicted molar refractivity (Wildman–Crippen MR) is 72.5 cm³/mol. The Morgan fingerprint density at radius 2 is 2.15 bits per heavy atom. The highest BCUT2D eigenvalue weighted by atomic mass is 79.9. The Kier molecular flexibility index (Phi) is 3.02. The van der Waals surface area contributed by atoms with E-state index in [9.17, 15) is 13.2 Å². The summed E-state index contributed by atoms with van der Waals surface area (Å²) in [5.74, 6) is 0.511. The third-order valence-corrected chi connectivity index (χ3v) is 3.88. The molecule has 106 valence electrons. The summed E-state index contributed by atoms with van der Waals surface area (Å²) in [7, 11) is 1.79. The van der Waals surface area contributed by atoms with E-state index in [0.29, 0.717) is 28.0 Å². The van der Waals surface area contributed by atoms with Crippen molar-refractivity contribution in [3.63, 3.8) is 0 Å². The van der Waals surface area contributed by atoms with Crippen LogP contribution in [0.5, 0.6) is 0 Å². The molecule has 20 heavy (non-hydrogen) atoms. The Hall–Kier alpha value is -1.54. The summed E-state index contributed by atoms with van der Waals surface area (Å²) < 4.78 is 40.7. The number of imidazole rings is 2. The molecule has 0 saturated heterocycles. The molecule has 0 radical (unpaired) electrons. The van der Waals surface area contributed by atoms with Crippen LogP contribution in [-0.4, -0.2) is 21.4 Å². The van der Waals surface area contributed by atoms with E-state index in [1.807, 2.05) is 0 Å². The van der Waals surface area contributed by atoms with Gasteiger partial charge in [0.05, 0.1) is 22.3 Å². The number of nitrogens with zero attached hydrogens (tertiary/aromatic N) is 2. The maximum atomic E-state index is 12.8. The highest BCUT2D eigenvalue weighted by Gasteiger charge is 2.31. The first kappa shape index (κ1) is 13.4. The van der Waals surface area contributed by atoms with Crippen molar-refractivity contribution in [2.24, 2.45) is 0 Å². The maximum Gasteiger partial charge on any atom is 0.416 e. The first-order valence-electron chi connectivity index (χ1n) is 5.82. The van der Waals surface area contributed by atoms with Crippen LogP contribution >= 0.6 is 15.9 Å². The van der Waals surface area contributed by atoms with Gasteiger partial charge in [0.25, 0.3) is 0 Å². The van der Waals surface area contributed by atoms with Gasteiger partial charge in [0.15, 0.2) is 0 Å². The fourth-order valence-electron chi connectivity index (χ4n) is 2.15. The van der Waals surface area contributed by atoms with E-state index in [4.69, 9.17) is 0 Å². The zero-order valence-corrected chi connectivity index (χ0v) is 11.9. The van der Waals surface area contributed by atoms with E-state index in [1.54, 1.807) is 11.4 Å². The number of aromatic amines is 1. The smallest absolute Gasteiger partial charge is 0.325 e. The van der Waals surface area contributed by atoms with Crippen LogP contribution in [0, 0.1) is 0 Å². The Bertz CT molecular complexity index is 787. The molecule has 8 heteroatoms. The van der Waals surface area contributed by atoms with Crippen molar-refractivity contribution >= 4 is 32.7 Å². The Morgan fingerprint density at radius 1 is 1.40 bits per heavy atom. The number of rotatable bonds is 2. The van der Waals surface area contributed by atoms with Gasteiger partial charge in [-0.25, -0.2) is 4.98 Å². The molecule has 0 aliphatic rings. The monoisotopic (exact) mass is 346 g/mol. The van der Waals surface area contributed by atoms with Crippen molar-refractivity contribution < 1.29 is 13.2 Å². The Labute approximate surface area is 120 Å². The van der Waals surface area contributed by atoms with Crippen LogP contribution in [0.4, 0.5) is 13.2 Å². The lowest BCUT2D eigenvalue weighted by Gasteiger charge is -2.06.